The molecule has 0 aliphatic carbocycles. The molecule has 7 nitrogen and oxygen atoms in total. The SMILES string of the molecule is O=C(NCC[C@H]1CCCCN1S(=O)(=O)c1cccs1)C(=O)Nc1ccc(F)cc1F. The Morgan fingerprint density at radius 2 is 1.97 bits per heavy atom. The summed E-state index contributed by atoms with van der Waals surface area (Å²) in [6.45, 7) is 0.489. The maximum absolute atomic E-state index is 13.6. The van der Waals surface area contributed by atoms with E-state index in [1.165, 1.54) is 4.31 Å². The number of hydrogen-bond acceptors (Lipinski definition) is 5. The fraction of sp³-hybridized carbons (Fsp3) is 0.368. The molecule has 1 atom stereocenters. The highest BCUT2D eigenvalue weighted by molar-refractivity contribution is 7.91. The van der Waals surface area contributed by atoms with Crippen molar-refractivity contribution in [2.24, 2.45) is 0 Å². The zero-order valence-electron chi connectivity index (χ0n) is 15.9. The average molecular weight is 458 g/mol. The summed E-state index contributed by atoms with van der Waals surface area (Å²) in [6, 6.07) is 5.53. The van der Waals surface area contributed by atoms with Crippen molar-refractivity contribution in [3.05, 3.63) is 47.3 Å². The van der Waals surface area contributed by atoms with Gasteiger partial charge >= 0.3 is 11.8 Å². The molecule has 1 aromatic heterocycles. The molecule has 2 amide bonds. The third-order valence-electron chi connectivity index (χ3n) is 4.78. The number of carbonyl (C=O) groups is 2. The monoisotopic (exact) mass is 457 g/mol. The Morgan fingerprint density at radius 1 is 1.17 bits per heavy atom. The quantitative estimate of drug-likeness (QED) is 0.652. The lowest BCUT2D eigenvalue weighted by Crippen LogP contribution is -2.45. The number of sulfonamides is 1. The van der Waals surface area contributed by atoms with E-state index in [-0.39, 0.29) is 22.5 Å². The van der Waals surface area contributed by atoms with Crippen molar-refractivity contribution < 1.29 is 26.8 Å². The lowest BCUT2D eigenvalue weighted by Gasteiger charge is -2.34. The van der Waals surface area contributed by atoms with E-state index in [0.29, 0.717) is 25.5 Å². The molecule has 0 unspecified atom stereocenters. The third kappa shape index (κ3) is 5.21. The van der Waals surface area contributed by atoms with E-state index in [4.69, 9.17) is 0 Å². The van der Waals surface area contributed by atoms with Crippen LogP contribution in [0.5, 0.6) is 0 Å². The van der Waals surface area contributed by atoms with Crippen LogP contribution in [0, 0.1) is 11.6 Å². The number of nitrogens with one attached hydrogen (secondary N) is 2. The smallest absolute Gasteiger partial charge is 0.313 e. The minimum absolute atomic E-state index is 0.0826. The van der Waals surface area contributed by atoms with Gasteiger partial charge in [-0.1, -0.05) is 12.5 Å². The summed E-state index contributed by atoms with van der Waals surface area (Å²) >= 11 is 1.15. The number of piperidine rings is 1. The van der Waals surface area contributed by atoms with Crippen LogP contribution in [0.15, 0.2) is 39.9 Å². The van der Waals surface area contributed by atoms with Gasteiger partial charge in [-0.3, -0.25) is 9.59 Å². The molecule has 1 saturated heterocycles. The normalized spacial score (nSPS) is 17.5. The lowest BCUT2D eigenvalue weighted by molar-refractivity contribution is -0.136. The molecule has 0 bridgehead atoms. The Labute approximate surface area is 177 Å². The first-order chi connectivity index (χ1) is 14.3. The Bertz CT molecular complexity index is 1010. The summed E-state index contributed by atoms with van der Waals surface area (Å²) in [5.41, 5.74) is -0.308. The van der Waals surface area contributed by atoms with Crippen LogP contribution in [0.2, 0.25) is 0 Å². The van der Waals surface area contributed by atoms with Crippen LogP contribution in [0.4, 0.5) is 14.5 Å². The second-order valence-corrected chi connectivity index (χ2v) is 9.89. The second-order valence-electron chi connectivity index (χ2n) is 6.82. The van der Waals surface area contributed by atoms with Crippen LogP contribution >= 0.6 is 11.3 Å². The molecule has 1 aliphatic heterocycles. The number of anilines is 1. The molecule has 0 saturated carbocycles. The van der Waals surface area contributed by atoms with Crippen molar-refractivity contribution in [1.29, 1.82) is 0 Å². The van der Waals surface area contributed by atoms with Crippen molar-refractivity contribution in [2.75, 3.05) is 18.4 Å². The Balaban J connectivity index is 1.55. The van der Waals surface area contributed by atoms with Crippen LogP contribution < -0.4 is 10.6 Å². The van der Waals surface area contributed by atoms with E-state index in [1.807, 2.05) is 0 Å². The molecular formula is C19H21F2N3O4S2. The molecule has 0 spiro atoms. The lowest BCUT2D eigenvalue weighted by atomic mass is 10.0. The topological polar surface area (TPSA) is 95.6 Å². The van der Waals surface area contributed by atoms with Crippen molar-refractivity contribution in [3.8, 4) is 0 Å². The standard InChI is InChI=1S/C19H21F2N3O4S2/c20-13-6-7-16(15(21)12-13)23-19(26)18(25)22-9-8-14-4-1-2-10-24(14)30(27,28)17-5-3-11-29-17/h3,5-7,11-12,14H,1-2,4,8-10H2,(H,22,25)(H,23,26)/t14-/m1/s1. The Kier molecular flexibility index (Phi) is 7.16. The number of thiophene rings is 1. The van der Waals surface area contributed by atoms with E-state index < -0.39 is 33.5 Å². The molecule has 1 fully saturated rings. The van der Waals surface area contributed by atoms with Gasteiger partial charge < -0.3 is 10.6 Å². The largest absolute Gasteiger partial charge is 0.348 e. The Hall–Kier alpha value is -2.37. The van der Waals surface area contributed by atoms with Crippen molar-refractivity contribution >= 4 is 38.9 Å². The maximum Gasteiger partial charge on any atom is 0.313 e. The van der Waals surface area contributed by atoms with Crippen LogP contribution in [-0.2, 0) is 19.6 Å². The molecule has 1 aliphatic rings. The first kappa shape index (κ1) is 22.3. The van der Waals surface area contributed by atoms with Gasteiger partial charge in [0, 0.05) is 25.2 Å². The van der Waals surface area contributed by atoms with Gasteiger partial charge in [-0.25, -0.2) is 17.2 Å². The number of hydrogen-bond donors (Lipinski definition) is 2. The number of nitrogens with zero attached hydrogens (tertiary/aromatic N) is 1. The van der Waals surface area contributed by atoms with Crippen LogP contribution in [0.1, 0.15) is 25.7 Å². The highest BCUT2D eigenvalue weighted by Crippen LogP contribution is 2.29. The summed E-state index contributed by atoms with van der Waals surface area (Å²) in [4.78, 5) is 23.9. The number of amides is 2. The molecule has 30 heavy (non-hydrogen) atoms. The number of benzene rings is 1. The van der Waals surface area contributed by atoms with Gasteiger partial charge in [0.15, 0.2) is 0 Å². The van der Waals surface area contributed by atoms with Gasteiger partial charge in [-0.05, 0) is 42.8 Å². The van der Waals surface area contributed by atoms with Gasteiger partial charge in [0.25, 0.3) is 10.0 Å². The minimum atomic E-state index is -3.60. The average Bonchev–Trinajstić information content (AvgIpc) is 3.26. The molecule has 162 valence electrons. The molecule has 2 aromatic rings. The van der Waals surface area contributed by atoms with Crippen molar-refractivity contribution in [3.63, 3.8) is 0 Å². The summed E-state index contributed by atoms with van der Waals surface area (Å²) in [7, 11) is -3.60. The van der Waals surface area contributed by atoms with Crippen LogP contribution in [0.3, 0.4) is 0 Å². The summed E-state index contributed by atoms with van der Waals surface area (Å²) in [6.07, 6.45) is 2.64. The van der Waals surface area contributed by atoms with Crippen molar-refractivity contribution in [2.45, 2.75) is 35.9 Å². The number of carbonyl (C=O) groups excluding carboxylic acids is 2. The third-order valence-corrected chi connectivity index (χ3v) is 8.10. The molecule has 2 heterocycles. The Morgan fingerprint density at radius 3 is 2.67 bits per heavy atom. The van der Waals surface area contributed by atoms with Crippen molar-refractivity contribution in [1.82, 2.24) is 9.62 Å². The van der Waals surface area contributed by atoms with Gasteiger partial charge in [-0.15, -0.1) is 11.3 Å². The van der Waals surface area contributed by atoms with E-state index in [9.17, 15) is 26.8 Å². The van der Waals surface area contributed by atoms with E-state index in [0.717, 1.165) is 36.3 Å². The second kappa shape index (κ2) is 9.63. The zero-order valence-corrected chi connectivity index (χ0v) is 17.6. The van der Waals surface area contributed by atoms with Gasteiger partial charge in [0.1, 0.15) is 15.8 Å². The van der Waals surface area contributed by atoms with E-state index in [2.05, 4.69) is 10.6 Å². The van der Waals surface area contributed by atoms with Crippen LogP contribution in [-0.4, -0.2) is 43.7 Å². The first-order valence-electron chi connectivity index (χ1n) is 9.38. The van der Waals surface area contributed by atoms with E-state index in [1.54, 1.807) is 17.5 Å². The molecule has 11 heteroatoms. The number of halogens is 2. The summed E-state index contributed by atoms with van der Waals surface area (Å²) in [5.74, 6) is -3.87. The van der Waals surface area contributed by atoms with E-state index >= 15 is 0 Å². The fourth-order valence-corrected chi connectivity index (χ4v) is 6.15. The van der Waals surface area contributed by atoms with Gasteiger partial charge in [-0.2, -0.15) is 4.31 Å². The predicted octanol–water partition coefficient (Wildman–Crippen LogP) is 2.71. The fourth-order valence-electron chi connectivity index (χ4n) is 3.31. The molecule has 1 aromatic carbocycles. The number of rotatable bonds is 6. The highest BCUT2D eigenvalue weighted by Gasteiger charge is 2.33. The first-order valence-corrected chi connectivity index (χ1v) is 11.7. The molecule has 0 radical (unpaired) electrons. The summed E-state index contributed by atoms with van der Waals surface area (Å²) in [5, 5.41) is 6.20. The molecule has 3 rings (SSSR count). The predicted molar refractivity (Wildman–Crippen MR) is 108 cm³/mol. The van der Waals surface area contributed by atoms with Gasteiger partial charge in [0.2, 0.25) is 0 Å². The zero-order chi connectivity index (χ0) is 21.7. The molecule has 2 N–H and O–H groups in total. The maximum atomic E-state index is 13.6. The molecular weight excluding hydrogens is 436 g/mol. The summed E-state index contributed by atoms with van der Waals surface area (Å²) < 4.78 is 53.9. The van der Waals surface area contributed by atoms with Gasteiger partial charge in [0.05, 0.1) is 5.69 Å². The highest BCUT2D eigenvalue weighted by atomic mass is 32.2. The van der Waals surface area contributed by atoms with Crippen LogP contribution in [0.25, 0.3) is 0 Å². The minimum Gasteiger partial charge on any atom is -0.348 e.